The Hall–Kier alpha value is -0.210. The van der Waals surface area contributed by atoms with Crippen molar-refractivity contribution in [3.63, 3.8) is 0 Å². The molecule has 0 aliphatic heterocycles. The van der Waals surface area contributed by atoms with E-state index in [-0.39, 0.29) is 0 Å². The number of aryl methyl sites for hydroxylation is 2. The van der Waals surface area contributed by atoms with Crippen LogP contribution in [-0.2, 0) is 19.4 Å². The maximum atomic E-state index is 6.55. The first kappa shape index (κ1) is 15.2. The molecule has 108 valence electrons. The van der Waals surface area contributed by atoms with E-state index in [4.69, 9.17) is 23.2 Å². The second-order valence-corrected chi connectivity index (χ2v) is 6.43. The van der Waals surface area contributed by atoms with Gasteiger partial charge >= 0.3 is 0 Å². The van der Waals surface area contributed by atoms with Crippen molar-refractivity contribution in [3.8, 4) is 0 Å². The van der Waals surface area contributed by atoms with E-state index < -0.39 is 0 Å². The highest BCUT2D eigenvalue weighted by atomic mass is 35.5. The molecule has 1 aliphatic carbocycles. The normalized spacial score (nSPS) is 24.4. The fraction of sp³-hybridized carbons (Fsp3) is 0.800. The molecule has 0 radical (unpaired) electrons. The van der Waals surface area contributed by atoms with Gasteiger partial charge in [0.25, 0.3) is 0 Å². The number of hydrogen-bond donors (Lipinski definition) is 0. The Bertz CT molecular complexity index is 415. The summed E-state index contributed by atoms with van der Waals surface area (Å²) >= 11 is 13.0. The van der Waals surface area contributed by atoms with Gasteiger partial charge in [-0.3, -0.25) is 4.68 Å². The van der Waals surface area contributed by atoms with E-state index in [1.807, 2.05) is 0 Å². The molecule has 0 spiro atoms. The first-order valence-electron chi connectivity index (χ1n) is 7.55. The maximum Gasteiger partial charge on any atom is 0.0849 e. The molecule has 0 amide bonds. The second-order valence-electron chi connectivity index (χ2n) is 5.49. The van der Waals surface area contributed by atoms with Gasteiger partial charge < -0.3 is 0 Å². The van der Waals surface area contributed by atoms with Gasteiger partial charge in [-0.05, 0) is 38.5 Å². The van der Waals surface area contributed by atoms with Gasteiger partial charge in [-0.1, -0.05) is 37.8 Å². The first-order valence-corrected chi connectivity index (χ1v) is 8.36. The molecule has 1 aromatic rings. The van der Waals surface area contributed by atoms with Crippen LogP contribution in [-0.4, -0.2) is 15.2 Å². The van der Waals surface area contributed by atoms with Crippen molar-refractivity contribution in [2.45, 2.75) is 70.7 Å². The van der Waals surface area contributed by atoms with Gasteiger partial charge in [0.15, 0.2) is 0 Å². The summed E-state index contributed by atoms with van der Waals surface area (Å²) in [5, 5.41) is 5.77. The Labute approximate surface area is 126 Å². The van der Waals surface area contributed by atoms with Gasteiger partial charge in [-0.2, -0.15) is 5.10 Å². The van der Waals surface area contributed by atoms with E-state index in [2.05, 4.69) is 23.6 Å². The second kappa shape index (κ2) is 6.99. The van der Waals surface area contributed by atoms with Crippen LogP contribution in [0.25, 0.3) is 0 Å². The zero-order chi connectivity index (χ0) is 13.8. The van der Waals surface area contributed by atoms with Gasteiger partial charge in [-0.25, -0.2) is 0 Å². The lowest BCUT2D eigenvalue weighted by Gasteiger charge is -2.20. The largest absolute Gasteiger partial charge is 0.268 e. The Morgan fingerprint density at radius 3 is 2.63 bits per heavy atom. The minimum atomic E-state index is 0.295. The van der Waals surface area contributed by atoms with Gasteiger partial charge in [0, 0.05) is 11.9 Å². The summed E-state index contributed by atoms with van der Waals surface area (Å²) in [6, 6.07) is 0. The van der Waals surface area contributed by atoms with E-state index in [0.29, 0.717) is 11.3 Å². The zero-order valence-corrected chi connectivity index (χ0v) is 13.5. The molecule has 0 N–H and O–H groups in total. The summed E-state index contributed by atoms with van der Waals surface area (Å²) in [7, 11) is 0. The first-order chi connectivity index (χ1) is 9.17. The maximum absolute atomic E-state index is 6.55. The average Bonchev–Trinajstić information content (AvgIpc) is 2.57. The van der Waals surface area contributed by atoms with Crippen molar-refractivity contribution in [2.24, 2.45) is 5.92 Å². The predicted octanol–water partition coefficient (Wildman–Crippen LogP) is 4.85. The van der Waals surface area contributed by atoms with Crippen LogP contribution in [0, 0.1) is 5.92 Å². The molecule has 19 heavy (non-hydrogen) atoms. The van der Waals surface area contributed by atoms with Crippen molar-refractivity contribution in [1.29, 1.82) is 0 Å². The Balaban J connectivity index is 2.19. The fourth-order valence-corrected chi connectivity index (χ4v) is 3.75. The lowest BCUT2D eigenvalue weighted by atomic mass is 9.94. The summed E-state index contributed by atoms with van der Waals surface area (Å²) in [5.41, 5.74) is 2.22. The molecule has 2 nitrogen and oxygen atoms in total. The van der Waals surface area contributed by atoms with E-state index in [9.17, 15) is 0 Å². The summed E-state index contributed by atoms with van der Waals surface area (Å²) in [4.78, 5) is 0. The standard InChI is InChI=1S/C15H24Cl2N2/c1-3-13-15(17)14(19(4-2)18-13)10-11-8-6-5-7-9-12(11)16/h11-12H,3-10H2,1-2H3. The third-order valence-corrected chi connectivity index (χ3v) is 5.23. The molecule has 0 bridgehead atoms. The van der Waals surface area contributed by atoms with Gasteiger partial charge in [0.05, 0.1) is 16.4 Å². The van der Waals surface area contributed by atoms with E-state index in [0.717, 1.165) is 36.5 Å². The molecule has 0 aromatic carbocycles. The number of nitrogens with zero attached hydrogens (tertiary/aromatic N) is 2. The van der Waals surface area contributed by atoms with Gasteiger partial charge in [0.2, 0.25) is 0 Å². The molecule has 2 rings (SSSR count). The SMILES string of the molecule is CCc1nn(CC)c(CC2CCCCCC2Cl)c1Cl. The van der Waals surface area contributed by atoms with Gasteiger partial charge in [-0.15, -0.1) is 11.6 Å². The quantitative estimate of drug-likeness (QED) is 0.574. The highest BCUT2D eigenvalue weighted by Gasteiger charge is 2.25. The molecule has 1 saturated carbocycles. The fourth-order valence-electron chi connectivity index (χ4n) is 3.03. The summed E-state index contributed by atoms with van der Waals surface area (Å²) < 4.78 is 2.07. The molecule has 1 heterocycles. The highest BCUT2D eigenvalue weighted by molar-refractivity contribution is 6.31. The van der Waals surface area contributed by atoms with Crippen LogP contribution in [0.2, 0.25) is 5.02 Å². The Morgan fingerprint density at radius 2 is 1.95 bits per heavy atom. The minimum absolute atomic E-state index is 0.295. The molecule has 0 saturated heterocycles. The monoisotopic (exact) mass is 302 g/mol. The molecule has 1 fully saturated rings. The Kier molecular flexibility index (Phi) is 5.58. The van der Waals surface area contributed by atoms with Crippen LogP contribution >= 0.6 is 23.2 Å². The van der Waals surface area contributed by atoms with Crippen molar-refractivity contribution in [1.82, 2.24) is 9.78 Å². The van der Waals surface area contributed by atoms with Crippen molar-refractivity contribution < 1.29 is 0 Å². The topological polar surface area (TPSA) is 17.8 Å². The highest BCUT2D eigenvalue weighted by Crippen LogP contribution is 2.33. The molecule has 1 aliphatic rings. The Morgan fingerprint density at radius 1 is 1.21 bits per heavy atom. The molecule has 4 heteroatoms. The van der Waals surface area contributed by atoms with Crippen LogP contribution in [0.4, 0.5) is 0 Å². The number of hydrogen-bond acceptors (Lipinski definition) is 1. The predicted molar refractivity (Wildman–Crippen MR) is 82.2 cm³/mol. The molecular formula is C15H24Cl2N2. The third kappa shape index (κ3) is 3.46. The van der Waals surface area contributed by atoms with Crippen LogP contribution < -0.4 is 0 Å². The summed E-state index contributed by atoms with van der Waals surface area (Å²) in [5.74, 6) is 0.549. The van der Waals surface area contributed by atoms with Crippen molar-refractivity contribution in [2.75, 3.05) is 0 Å². The third-order valence-electron chi connectivity index (χ3n) is 4.22. The van der Waals surface area contributed by atoms with Crippen LogP contribution in [0.5, 0.6) is 0 Å². The zero-order valence-electron chi connectivity index (χ0n) is 12.0. The number of halogens is 2. The van der Waals surface area contributed by atoms with E-state index in [1.165, 1.54) is 31.4 Å². The van der Waals surface area contributed by atoms with Crippen LogP contribution in [0.3, 0.4) is 0 Å². The lowest BCUT2D eigenvalue weighted by Crippen LogP contribution is -2.18. The minimum Gasteiger partial charge on any atom is -0.268 e. The number of alkyl halides is 1. The lowest BCUT2D eigenvalue weighted by molar-refractivity contribution is 0.445. The van der Waals surface area contributed by atoms with E-state index >= 15 is 0 Å². The molecule has 1 aromatic heterocycles. The summed E-state index contributed by atoms with van der Waals surface area (Å²) in [6.45, 7) is 5.11. The van der Waals surface area contributed by atoms with Gasteiger partial charge in [0.1, 0.15) is 0 Å². The summed E-state index contributed by atoms with van der Waals surface area (Å²) in [6.07, 6.45) is 8.13. The average molecular weight is 303 g/mol. The molecule has 2 atom stereocenters. The van der Waals surface area contributed by atoms with Crippen molar-refractivity contribution >= 4 is 23.2 Å². The number of aromatic nitrogens is 2. The molecular weight excluding hydrogens is 279 g/mol. The smallest absolute Gasteiger partial charge is 0.0849 e. The molecule has 2 unspecified atom stereocenters. The number of rotatable bonds is 4. The van der Waals surface area contributed by atoms with E-state index in [1.54, 1.807) is 0 Å². The van der Waals surface area contributed by atoms with Crippen LogP contribution in [0.1, 0.15) is 57.3 Å². The van der Waals surface area contributed by atoms with Crippen LogP contribution in [0.15, 0.2) is 0 Å². The van der Waals surface area contributed by atoms with Crippen molar-refractivity contribution in [3.05, 3.63) is 16.4 Å².